The largest absolute Gasteiger partial charge is 0.508 e. The summed E-state index contributed by atoms with van der Waals surface area (Å²) in [7, 11) is 0. The first-order valence-corrected chi connectivity index (χ1v) is 12.1. The molecule has 3 fully saturated rings. The Kier molecular flexibility index (Phi) is 14.6. The molecular weight excluding hydrogens is 480 g/mol. The van der Waals surface area contributed by atoms with Gasteiger partial charge < -0.3 is 44.4 Å². The summed E-state index contributed by atoms with van der Waals surface area (Å²) in [5.41, 5.74) is 1.23. The van der Waals surface area contributed by atoms with Gasteiger partial charge in [-0.25, -0.2) is 0 Å². The van der Waals surface area contributed by atoms with Crippen molar-refractivity contribution in [2.24, 2.45) is 0 Å². The average Bonchev–Trinajstić information content (AvgIpc) is 2.85. The van der Waals surface area contributed by atoms with Gasteiger partial charge in [0.2, 0.25) is 17.8 Å². The van der Waals surface area contributed by atoms with Gasteiger partial charge >= 0.3 is 0 Å². The number of piperidine rings is 3. The lowest BCUT2D eigenvalue weighted by molar-refractivity contribution is 0.467. The van der Waals surface area contributed by atoms with E-state index in [0.29, 0.717) is 11.7 Å². The summed E-state index contributed by atoms with van der Waals surface area (Å²) in [5, 5.41) is 9.84. The first-order valence-electron chi connectivity index (χ1n) is 12.1. The van der Waals surface area contributed by atoms with E-state index in [1.807, 2.05) is 12.1 Å². The molecule has 1 aromatic carbocycles. The summed E-state index contributed by atoms with van der Waals surface area (Å²) in [5.74, 6) is 3.40. The van der Waals surface area contributed by atoms with Crippen molar-refractivity contribution >= 4 is 30.3 Å². The molecule has 2 aromatic rings. The number of halogens is 1. The summed E-state index contributed by atoms with van der Waals surface area (Å²) >= 11 is 0. The van der Waals surface area contributed by atoms with Crippen LogP contribution in [0.4, 0.5) is 17.8 Å². The van der Waals surface area contributed by atoms with Gasteiger partial charge in [-0.15, -0.1) is 12.4 Å². The molecule has 0 spiro atoms. The molecule has 3 aliphatic rings. The van der Waals surface area contributed by atoms with Crippen LogP contribution in [0.25, 0.3) is 0 Å². The number of phenols is 1. The van der Waals surface area contributed by atoms with E-state index in [-0.39, 0.29) is 42.7 Å². The summed E-state index contributed by atoms with van der Waals surface area (Å²) in [6.45, 7) is 6.04. The van der Waals surface area contributed by atoms with E-state index in [9.17, 15) is 5.11 Å². The Morgan fingerprint density at radius 2 is 1.06 bits per heavy atom. The number of benzene rings is 1. The second kappa shape index (κ2) is 15.6. The topological polar surface area (TPSA) is 209 Å². The van der Waals surface area contributed by atoms with Crippen molar-refractivity contribution in [3.8, 4) is 5.75 Å². The van der Waals surface area contributed by atoms with Crippen molar-refractivity contribution in [2.75, 3.05) is 54.0 Å². The van der Waals surface area contributed by atoms with Crippen LogP contribution in [-0.2, 0) is 0 Å². The van der Waals surface area contributed by atoms with E-state index >= 15 is 0 Å². The van der Waals surface area contributed by atoms with Crippen LogP contribution < -0.4 is 39.3 Å². The molecule has 3 aliphatic heterocycles. The minimum absolute atomic E-state index is 0. The third-order valence-electron chi connectivity index (χ3n) is 7.00. The lowest BCUT2D eigenvalue weighted by Crippen LogP contribution is -2.38. The highest BCUT2D eigenvalue weighted by Crippen LogP contribution is 2.32. The normalized spacial score (nSPS) is 17.9. The fraction of sp³-hybridized carbons (Fsp3) is 0.625. The van der Waals surface area contributed by atoms with Crippen molar-refractivity contribution in [3.05, 3.63) is 29.8 Å². The van der Waals surface area contributed by atoms with Gasteiger partial charge in [0.15, 0.2) is 0 Å². The molecule has 12 heteroatoms. The van der Waals surface area contributed by atoms with E-state index < -0.39 is 0 Å². The van der Waals surface area contributed by atoms with Crippen LogP contribution in [0, 0.1) is 0 Å². The van der Waals surface area contributed by atoms with Gasteiger partial charge in [0.05, 0.1) is 0 Å². The van der Waals surface area contributed by atoms with Crippen molar-refractivity contribution in [2.45, 2.75) is 57.3 Å². The van der Waals surface area contributed by atoms with Gasteiger partial charge in [-0.05, 0) is 75.0 Å². The molecule has 4 heterocycles. The molecule has 0 aliphatic carbocycles. The quantitative estimate of drug-likeness (QED) is 0.307. The predicted octanol–water partition coefficient (Wildman–Crippen LogP) is 6.00. The first-order chi connectivity index (χ1) is 15.3. The molecule has 0 atom stereocenters. The Morgan fingerprint density at radius 1 is 0.639 bits per heavy atom. The molecule has 13 N–H and O–H groups in total. The molecule has 0 saturated carbocycles. The summed E-state index contributed by atoms with van der Waals surface area (Å²) in [6, 6.07) is 7.73. The number of rotatable bonds is 4. The summed E-state index contributed by atoms with van der Waals surface area (Å²) in [4.78, 5) is 21.9. The summed E-state index contributed by atoms with van der Waals surface area (Å²) < 4.78 is 0. The molecule has 0 amide bonds. The number of hydrogen-bond acceptors (Lipinski definition) is 11. The molecule has 0 unspecified atom stereocenters. The molecule has 1 aromatic heterocycles. The molecule has 0 radical (unpaired) electrons. The predicted molar refractivity (Wildman–Crippen MR) is 160 cm³/mol. The lowest BCUT2D eigenvalue weighted by Gasteiger charge is -2.34. The van der Waals surface area contributed by atoms with Gasteiger partial charge in [-0.2, -0.15) is 15.0 Å². The molecule has 36 heavy (non-hydrogen) atoms. The number of aromatic hydroxyl groups is 1. The first kappa shape index (κ1) is 33.6. The Morgan fingerprint density at radius 3 is 1.47 bits per heavy atom. The number of hydrogen-bond donors (Lipinski definition) is 5. The van der Waals surface area contributed by atoms with Gasteiger partial charge in [0.1, 0.15) is 5.75 Å². The maximum Gasteiger partial charge on any atom is 0.231 e. The van der Waals surface area contributed by atoms with E-state index in [0.717, 1.165) is 70.0 Å². The maximum atomic E-state index is 9.84. The van der Waals surface area contributed by atoms with Crippen molar-refractivity contribution in [1.29, 1.82) is 0 Å². The number of phenolic OH excluding ortho intramolecular Hbond substituents is 1. The van der Waals surface area contributed by atoms with Crippen molar-refractivity contribution in [3.63, 3.8) is 0 Å². The molecule has 5 rings (SSSR count). The van der Waals surface area contributed by atoms with E-state index in [4.69, 9.17) is 15.0 Å². The zero-order valence-electron chi connectivity index (χ0n) is 21.7. The van der Waals surface area contributed by atoms with Crippen LogP contribution in [0.1, 0.15) is 68.6 Å². The van der Waals surface area contributed by atoms with Crippen LogP contribution in [0.2, 0.25) is 0 Å². The SMILES string of the molecule is Cl.N.N.N.N.Oc1cccc(C2CCN(c3nc(N4CCCCC4)nc(N4CCCCC4)n3)CC2)c1.[HH].[HH].[HH].[HH]. The highest BCUT2D eigenvalue weighted by Gasteiger charge is 2.26. The Bertz CT molecular complexity index is 867. The van der Waals surface area contributed by atoms with Gasteiger partial charge in [-0.1, -0.05) is 12.1 Å². The Balaban J connectivity index is -0.000000454. The zero-order chi connectivity index (χ0) is 21.0. The molecule has 214 valence electrons. The van der Waals surface area contributed by atoms with Gasteiger partial charge in [-0.3, -0.25) is 0 Å². The monoisotopic (exact) mass is 534 g/mol. The molecule has 0 bridgehead atoms. The number of anilines is 3. The third-order valence-corrected chi connectivity index (χ3v) is 7.00. The average molecular weight is 535 g/mol. The van der Waals surface area contributed by atoms with Gasteiger partial charge in [0, 0.05) is 45.0 Å². The molecular formula is C24H55ClN10O. The highest BCUT2D eigenvalue weighted by molar-refractivity contribution is 5.85. The number of aromatic nitrogens is 3. The maximum absolute atomic E-state index is 9.84. The van der Waals surface area contributed by atoms with Crippen LogP contribution in [-0.4, -0.2) is 59.3 Å². The van der Waals surface area contributed by atoms with Crippen molar-refractivity contribution in [1.82, 2.24) is 39.6 Å². The van der Waals surface area contributed by atoms with Crippen LogP contribution >= 0.6 is 12.4 Å². The smallest absolute Gasteiger partial charge is 0.231 e. The standard InChI is InChI=1S/C24H34N6O.ClH.4H3N.4H2/c31-21-9-7-8-20(18-21)19-10-16-30(17-11-19)24-26-22(28-12-3-1-4-13-28)25-23(27-24)29-14-5-2-6-15-29;;;;;;;;;/h7-9,18-19,31H,1-6,10-17H2;1H;4*1H3;4*1H. The Hall–Kier alpha value is -2.44. The fourth-order valence-corrected chi connectivity index (χ4v) is 5.15. The third kappa shape index (κ3) is 7.78. The second-order valence-corrected chi connectivity index (χ2v) is 9.19. The van der Waals surface area contributed by atoms with Crippen LogP contribution in [0.15, 0.2) is 24.3 Å². The minimum atomic E-state index is 0. The second-order valence-electron chi connectivity index (χ2n) is 9.19. The zero-order valence-corrected chi connectivity index (χ0v) is 22.5. The van der Waals surface area contributed by atoms with Crippen LogP contribution in [0.3, 0.4) is 0 Å². The van der Waals surface area contributed by atoms with Gasteiger partial charge in [0.25, 0.3) is 0 Å². The van der Waals surface area contributed by atoms with E-state index in [1.54, 1.807) is 6.07 Å². The fourth-order valence-electron chi connectivity index (χ4n) is 5.15. The number of nitrogens with zero attached hydrogens (tertiary/aromatic N) is 6. The van der Waals surface area contributed by atoms with Crippen molar-refractivity contribution < 1.29 is 10.8 Å². The highest BCUT2D eigenvalue weighted by atomic mass is 35.5. The minimum Gasteiger partial charge on any atom is -0.508 e. The summed E-state index contributed by atoms with van der Waals surface area (Å²) in [6.07, 6.45) is 9.57. The van der Waals surface area contributed by atoms with E-state index in [1.165, 1.54) is 44.1 Å². The Labute approximate surface area is 227 Å². The molecule has 11 nitrogen and oxygen atoms in total. The molecule has 3 saturated heterocycles. The van der Waals surface area contributed by atoms with E-state index in [2.05, 4.69) is 20.8 Å². The van der Waals surface area contributed by atoms with Crippen LogP contribution in [0.5, 0.6) is 5.75 Å². The lowest BCUT2D eigenvalue weighted by atomic mass is 9.89.